The van der Waals surface area contributed by atoms with Gasteiger partial charge >= 0.3 is 12.1 Å². The smallest absolute Gasteiger partial charge is 0.391 e. The van der Waals surface area contributed by atoms with Crippen molar-refractivity contribution in [1.29, 1.82) is 0 Å². The average molecular weight is 329 g/mol. The van der Waals surface area contributed by atoms with E-state index >= 15 is 0 Å². The summed E-state index contributed by atoms with van der Waals surface area (Å²) in [4.78, 5) is 14.8. The van der Waals surface area contributed by atoms with E-state index < -0.39 is 42.9 Å². The zero-order valence-electron chi connectivity index (χ0n) is 10.7. The van der Waals surface area contributed by atoms with Crippen LogP contribution in [-0.4, -0.2) is 50.8 Å². The first kappa shape index (κ1) is 16.6. The highest BCUT2D eigenvalue weighted by Gasteiger charge is 2.61. The topological polar surface area (TPSA) is 120 Å². The van der Waals surface area contributed by atoms with Gasteiger partial charge in [-0.2, -0.15) is 4.98 Å². The Bertz CT molecular complexity index is 609. The van der Waals surface area contributed by atoms with Crippen LogP contribution < -0.4 is 11.4 Å². The number of hydrogen-bond donors (Lipinski definition) is 3. The van der Waals surface area contributed by atoms with E-state index in [1.807, 2.05) is 0 Å². The highest BCUT2D eigenvalue weighted by Crippen LogP contribution is 2.42. The molecule has 1 aliphatic heterocycles. The van der Waals surface area contributed by atoms with Crippen LogP contribution in [0.2, 0.25) is 0 Å². The number of alkyl halides is 4. The predicted octanol–water partition coefficient (Wildman–Crippen LogP) is -0.722. The van der Waals surface area contributed by atoms with Gasteiger partial charge in [-0.3, -0.25) is 9.30 Å². The van der Waals surface area contributed by atoms with Gasteiger partial charge in [0.15, 0.2) is 12.4 Å². The maximum Gasteiger partial charge on any atom is 0.525 e. The minimum atomic E-state index is -5.32. The van der Waals surface area contributed by atoms with Gasteiger partial charge in [0, 0.05) is 6.20 Å². The Hall–Kier alpha value is -1.76. The van der Waals surface area contributed by atoms with Gasteiger partial charge in [0.05, 0.1) is 0 Å². The summed E-state index contributed by atoms with van der Waals surface area (Å²) in [5.41, 5.74) is 4.12. The normalized spacial score (nSPS) is 32.4. The molecule has 4 atom stereocenters. The number of ether oxygens (including phenoxy) is 2. The fourth-order valence-corrected chi connectivity index (χ4v) is 2.01. The lowest BCUT2D eigenvalue weighted by atomic mass is 10.1. The van der Waals surface area contributed by atoms with Gasteiger partial charge in [-0.1, -0.05) is 0 Å². The van der Waals surface area contributed by atoms with Crippen LogP contribution in [0.1, 0.15) is 6.23 Å². The molecular formula is C10H11F4N3O5. The van der Waals surface area contributed by atoms with Gasteiger partial charge in [0.1, 0.15) is 18.5 Å². The zero-order valence-corrected chi connectivity index (χ0v) is 10.7. The van der Waals surface area contributed by atoms with Crippen molar-refractivity contribution in [3.05, 3.63) is 22.7 Å². The molecule has 0 radical (unpaired) electrons. The van der Waals surface area contributed by atoms with Gasteiger partial charge in [-0.05, 0) is 6.07 Å². The van der Waals surface area contributed by atoms with Crippen molar-refractivity contribution in [3.63, 3.8) is 0 Å². The molecule has 1 saturated heterocycles. The highest BCUT2D eigenvalue weighted by atomic mass is 19.4. The molecule has 22 heavy (non-hydrogen) atoms. The molecule has 2 rings (SSSR count). The molecule has 4 N–H and O–H groups in total. The Kier molecular flexibility index (Phi) is 4.12. The first-order chi connectivity index (χ1) is 10.1. The van der Waals surface area contributed by atoms with E-state index in [0.717, 1.165) is 12.3 Å². The van der Waals surface area contributed by atoms with Crippen LogP contribution in [0.4, 0.5) is 23.4 Å². The van der Waals surface area contributed by atoms with E-state index in [0.29, 0.717) is 4.57 Å². The highest BCUT2D eigenvalue weighted by molar-refractivity contribution is 5.23. The Morgan fingerprint density at radius 3 is 2.68 bits per heavy atom. The van der Waals surface area contributed by atoms with Crippen molar-refractivity contribution >= 4 is 5.82 Å². The van der Waals surface area contributed by atoms with Gasteiger partial charge in [0.25, 0.3) is 0 Å². The molecule has 1 aromatic rings. The number of halogens is 4. The molecule has 2 heterocycles. The largest absolute Gasteiger partial charge is 0.525 e. The van der Waals surface area contributed by atoms with Crippen molar-refractivity contribution in [1.82, 2.24) is 9.55 Å². The Morgan fingerprint density at radius 1 is 1.55 bits per heavy atom. The zero-order chi connectivity index (χ0) is 16.7. The quantitative estimate of drug-likeness (QED) is 0.626. The van der Waals surface area contributed by atoms with Gasteiger partial charge in [-0.15, -0.1) is 13.2 Å². The van der Waals surface area contributed by atoms with Crippen LogP contribution in [0.3, 0.4) is 0 Å². The second-order valence-corrected chi connectivity index (χ2v) is 4.46. The van der Waals surface area contributed by atoms with Crippen LogP contribution in [-0.2, 0) is 9.47 Å². The average Bonchev–Trinajstić information content (AvgIpc) is 2.63. The molecule has 0 aliphatic carbocycles. The number of anilines is 1. The lowest BCUT2D eigenvalue weighted by molar-refractivity contribution is -0.431. The molecule has 0 saturated carbocycles. The molecule has 124 valence electrons. The van der Waals surface area contributed by atoms with Crippen LogP contribution in [0.15, 0.2) is 17.1 Å². The number of rotatable bonds is 3. The molecule has 0 bridgehead atoms. The first-order valence-corrected chi connectivity index (χ1v) is 5.82. The second-order valence-electron chi connectivity index (χ2n) is 4.46. The summed E-state index contributed by atoms with van der Waals surface area (Å²) in [5, 5.41) is 18.6. The van der Waals surface area contributed by atoms with Gasteiger partial charge < -0.3 is 20.7 Å². The SMILES string of the molecule is Nc1ccn([C@@H]2O[C@@](CO)(OC(F)(F)F)[C@@H](O)[C@@H]2F)c(=O)n1. The number of nitrogens with two attached hydrogens (primary N) is 1. The van der Waals surface area contributed by atoms with Crippen molar-refractivity contribution in [2.75, 3.05) is 12.3 Å². The Morgan fingerprint density at radius 2 is 2.18 bits per heavy atom. The van der Waals surface area contributed by atoms with E-state index in [1.54, 1.807) is 0 Å². The molecule has 8 nitrogen and oxygen atoms in total. The summed E-state index contributed by atoms with van der Waals surface area (Å²) in [6.07, 6.45) is -11.4. The third kappa shape index (κ3) is 2.90. The number of aromatic nitrogens is 2. The van der Waals surface area contributed by atoms with Crippen LogP contribution in [0.25, 0.3) is 0 Å². The van der Waals surface area contributed by atoms with Crippen molar-refractivity contribution in [2.45, 2.75) is 30.7 Å². The fourth-order valence-electron chi connectivity index (χ4n) is 2.01. The van der Waals surface area contributed by atoms with Gasteiger partial charge in [0.2, 0.25) is 5.79 Å². The van der Waals surface area contributed by atoms with Crippen LogP contribution in [0.5, 0.6) is 0 Å². The summed E-state index contributed by atoms with van der Waals surface area (Å²) < 4.78 is 59.8. The maximum absolute atomic E-state index is 14.1. The summed E-state index contributed by atoms with van der Waals surface area (Å²) in [5.74, 6) is -3.29. The van der Waals surface area contributed by atoms with Gasteiger partial charge in [-0.25, -0.2) is 9.18 Å². The number of aliphatic hydroxyl groups is 2. The van der Waals surface area contributed by atoms with Crippen molar-refractivity contribution in [3.8, 4) is 0 Å². The van der Waals surface area contributed by atoms with Crippen molar-refractivity contribution < 1.29 is 37.2 Å². The molecular weight excluding hydrogens is 318 g/mol. The minimum absolute atomic E-state index is 0.199. The summed E-state index contributed by atoms with van der Waals surface area (Å²) in [6, 6.07) is 1.08. The number of hydrogen-bond acceptors (Lipinski definition) is 7. The predicted molar refractivity (Wildman–Crippen MR) is 60.9 cm³/mol. The molecule has 12 heteroatoms. The summed E-state index contributed by atoms with van der Waals surface area (Å²) >= 11 is 0. The summed E-state index contributed by atoms with van der Waals surface area (Å²) in [6.45, 7) is -1.50. The molecule has 0 aromatic carbocycles. The molecule has 1 aromatic heterocycles. The lowest BCUT2D eigenvalue weighted by Crippen LogP contribution is -2.51. The standard InChI is InChI=1S/C10H11F4N3O5/c11-5-6(19)9(3-18,22-10(12,13)14)21-7(5)17-2-1-4(15)16-8(17)20/h1-2,5-7,18-19H,3H2,(H2,15,16,20)/t5-,6-,7+,9-/m0/s1. The number of nitrogen functional groups attached to an aromatic ring is 1. The van der Waals surface area contributed by atoms with Crippen molar-refractivity contribution in [2.24, 2.45) is 0 Å². The monoisotopic (exact) mass is 329 g/mol. The molecule has 1 fully saturated rings. The first-order valence-electron chi connectivity index (χ1n) is 5.82. The Balaban J connectivity index is 2.39. The third-order valence-corrected chi connectivity index (χ3v) is 2.98. The minimum Gasteiger partial charge on any atom is -0.391 e. The maximum atomic E-state index is 14.1. The number of nitrogens with zero attached hydrogens (tertiary/aromatic N) is 2. The molecule has 0 unspecified atom stereocenters. The number of aliphatic hydroxyl groups excluding tert-OH is 2. The molecule has 1 aliphatic rings. The summed E-state index contributed by atoms with van der Waals surface area (Å²) in [7, 11) is 0. The third-order valence-electron chi connectivity index (χ3n) is 2.98. The van der Waals surface area contributed by atoms with E-state index in [2.05, 4.69) is 14.5 Å². The van der Waals surface area contributed by atoms with E-state index in [9.17, 15) is 27.5 Å². The van der Waals surface area contributed by atoms with E-state index in [-0.39, 0.29) is 5.82 Å². The fraction of sp³-hybridized carbons (Fsp3) is 0.600. The second kappa shape index (κ2) is 5.46. The van der Waals surface area contributed by atoms with E-state index in [1.165, 1.54) is 0 Å². The Labute approximate surface area is 119 Å². The van der Waals surface area contributed by atoms with Crippen LogP contribution >= 0.6 is 0 Å². The lowest BCUT2D eigenvalue weighted by Gasteiger charge is -2.30. The molecule has 0 spiro atoms. The van der Waals surface area contributed by atoms with Crippen LogP contribution in [0, 0.1) is 0 Å². The van der Waals surface area contributed by atoms with E-state index in [4.69, 9.17) is 10.8 Å². The molecule has 0 amide bonds.